The number of nitrogens with zero attached hydrogens (tertiary/aromatic N) is 2. The first kappa shape index (κ1) is 12.1. The monoisotopic (exact) mass is 223 g/mol. The van der Waals surface area contributed by atoms with Gasteiger partial charge in [-0.25, -0.2) is 0 Å². The molecule has 6 heteroatoms. The standard InChI is InChI=1S/C10H13N3O3/c1-3-4-8-5-7(10(14)11-2)6-9(12-8)13(15)16/h5-6H,3-4H2,1-2H3,(H,11,14). The molecule has 0 fully saturated rings. The van der Waals surface area contributed by atoms with E-state index in [9.17, 15) is 14.9 Å². The van der Waals surface area contributed by atoms with Crippen LogP contribution in [-0.2, 0) is 6.42 Å². The smallest absolute Gasteiger partial charge is 0.358 e. The van der Waals surface area contributed by atoms with Crippen LogP contribution in [0, 0.1) is 10.1 Å². The highest BCUT2D eigenvalue weighted by Gasteiger charge is 2.16. The number of nitrogens with one attached hydrogen (secondary N) is 1. The molecule has 0 atom stereocenters. The Labute approximate surface area is 92.8 Å². The van der Waals surface area contributed by atoms with Crippen molar-refractivity contribution in [3.8, 4) is 0 Å². The van der Waals surface area contributed by atoms with Crippen LogP contribution in [0.5, 0.6) is 0 Å². The third-order valence-electron chi connectivity index (χ3n) is 2.05. The molecule has 0 unspecified atom stereocenters. The van der Waals surface area contributed by atoms with Gasteiger partial charge in [-0.1, -0.05) is 6.92 Å². The highest BCUT2D eigenvalue weighted by Crippen LogP contribution is 2.14. The lowest BCUT2D eigenvalue weighted by atomic mass is 10.1. The first-order valence-electron chi connectivity index (χ1n) is 4.96. The van der Waals surface area contributed by atoms with Crippen molar-refractivity contribution in [3.63, 3.8) is 0 Å². The van der Waals surface area contributed by atoms with Crippen molar-refractivity contribution in [1.82, 2.24) is 10.3 Å². The fourth-order valence-corrected chi connectivity index (χ4v) is 1.33. The second-order valence-electron chi connectivity index (χ2n) is 3.29. The summed E-state index contributed by atoms with van der Waals surface area (Å²) in [5.41, 5.74) is 0.836. The van der Waals surface area contributed by atoms with Crippen LogP contribution < -0.4 is 5.32 Å². The molecule has 0 spiro atoms. The van der Waals surface area contributed by atoms with E-state index in [0.29, 0.717) is 12.1 Å². The van der Waals surface area contributed by atoms with E-state index in [1.807, 2.05) is 6.92 Å². The summed E-state index contributed by atoms with van der Waals surface area (Å²) in [5, 5.41) is 13.1. The topological polar surface area (TPSA) is 85.1 Å². The maximum atomic E-state index is 11.4. The molecule has 1 aromatic heterocycles. The van der Waals surface area contributed by atoms with Crippen molar-refractivity contribution < 1.29 is 9.72 Å². The van der Waals surface area contributed by atoms with Crippen LogP contribution in [-0.4, -0.2) is 22.9 Å². The summed E-state index contributed by atoms with van der Waals surface area (Å²) >= 11 is 0. The molecule has 6 nitrogen and oxygen atoms in total. The normalized spacial score (nSPS) is 9.88. The number of rotatable bonds is 4. The first-order chi connectivity index (χ1) is 7.58. The van der Waals surface area contributed by atoms with E-state index >= 15 is 0 Å². The van der Waals surface area contributed by atoms with Crippen molar-refractivity contribution in [2.75, 3.05) is 7.05 Å². The molecular formula is C10H13N3O3. The molecule has 0 aromatic carbocycles. The summed E-state index contributed by atoms with van der Waals surface area (Å²) in [6, 6.07) is 2.76. The molecule has 0 aliphatic heterocycles. The molecule has 0 aliphatic rings. The van der Waals surface area contributed by atoms with Gasteiger partial charge in [0.15, 0.2) is 5.69 Å². The second kappa shape index (κ2) is 5.20. The van der Waals surface area contributed by atoms with Gasteiger partial charge in [0.05, 0.1) is 5.56 Å². The zero-order chi connectivity index (χ0) is 12.1. The Balaban J connectivity index is 3.18. The average molecular weight is 223 g/mol. The minimum Gasteiger partial charge on any atom is -0.358 e. The molecule has 1 aromatic rings. The predicted octanol–water partition coefficient (Wildman–Crippen LogP) is 1.30. The van der Waals surface area contributed by atoms with Gasteiger partial charge in [-0.15, -0.1) is 0 Å². The van der Waals surface area contributed by atoms with Crippen molar-refractivity contribution in [2.45, 2.75) is 19.8 Å². The van der Waals surface area contributed by atoms with Crippen LogP contribution in [0.2, 0.25) is 0 Å². The maximum absolute atomic E-state index is 11.4. The number of hydrogen-bond donors (Lipinski definition) is 1. The largest absolute Gasteiger partial charge is 0.364 e. The number of amides is 1. The van der Waals surface area contributed by atoms with Crippen molar-refractivity contribution in [1.29, 1.82) is 0 Å². The molecule has 0 saturated heterocycles. The fraction of sp³-hybridized carbons (Fsp3) is 0.400. The minimum absolute atomic E-state index is 0.271. The second-order valence-corrected chi connectivity index (χ2v) is 3.29. The molecule has 16 heavy (non-hydrogen) atoms. The van der Waals surface area contributed by atoms with Gasteiger partial charge in [0.2, 0.25) is 0 Å². The first-order valence-corrected chi connectivity index (χ1v) is 4.96. The van der Waals surface area contributed by atoms with Crippen LogP contribution >= 0.6 is 0 Å². The fourth-order valence-electron chi connectivity index (χ4n) is 1.33. The average Bonchev–Trinajstić information content (AvgIpc) is 2.28. The summed E-state index contributed by atoms with van der Waals surface area (Å²) in [4.78, 5) is 25.3. The third-order valence-corrected chi connectivity index (χ3v) is 2.05. The molecule has 0 saturated carbocycles. The zero-order valence-electron chi connectivity index (χ0n) is 9.19. The van der Waals surface area contributed by atoms with Crippen molar-refractivity contribution >= 4 is 11.7 Å². The zero-order valence-corrected chi connectivity index (χ0v) is 9.19. The minimum atomic E-state index is -0.592. The number of carbonyl (C=O) groups is 1. The Morgan fingerprint density at radius 3 is 2.75 bits per heavy atom. The Hall–Kier alpha value is -1.98. The molecule has 0 bridgehead atoms. The van der Waals surface area contributed by atoms with Crippen molar-refractivity contribution in [3.05, 3.63) is 33.5 Å². The van der Waals surface area contributed by atoms with Gasteiger partial charge in [0, 0.05) is 19.5 Å². The summed E-state index contributed by atoms with van der Waals surface area (Å²) in [6.07, 6.45) is 1.44. The summed E-state index contributed by atoms with van der Waals surface area (Å²) < 4.78 is 0. The molecule has 1 amide bonds. The summed E-state index contributed by atoms with van der Waals surface area (Å²) in [5.74, 6) is -0.632. The van der Waals surface area contributed by atoms with Gasteiger partial charge in [0.1, 0.15) is 0 Å². The lowest BCUT2D eigenvalue weighted by molar-refractivity contribution is -0.389. The van der Waals surface area contributed by atoms with E-state index < -0.39 is 4.92 Å². The quantitative estimate of drug-likeness (QED) is 0.615. The van der Waals surface area contributed by atoms with Crippen LogP contribution in [0.1, 0.15) is 29.4 Å². The Morgan fingerprint density at radius 2 is 2.25 bits per heavy atom. The molecule has 86 valence electrons. The van der Waals surface area contributed by atoms with E-state index in [1.54, 1.807) is 6.07 Å². The van der Waals surface area contributed by atoms with Gasteiger partial charge in [0.25, 0.3) is 5.91 Å². The number of carbonyl (C=O) groups excluding carboxylic acids is 1. The molecule has 1 heterocycles. The van der Waals surface area contributed by atoms with Gasteiger partial charge in [-0.3, -0.25) is 4.79 Å². The van der Waals surface area contributed by atoms with E-state index in [4.69, 9.17) is 0 Å². The van der Waals surface area contributed by atoms with E-state index in [2.05, 4.69) is 10.3 Å². The lowest BCUT2D eigenvalue weighted by Crippen LogP contribution is -2.18. The Kier molecular flexibility index (Phi) is 3.93. The number of aryl methyl sites for hydroxylation is 1. The van der Waals surface area contributed by atoms with Gasteiger partial charge in [-0.2, -0.15) is 0 Å². The van der Waals surface area contributed by atoms with Crippen LogP contribution in [0.4, 0.5) is 5.82 Å². The summed E-state index contributed by atoms with van der Waals surface area (Å²) in [6.45, 7) is 1.94. The number of aromatic nitrogens is 1. The SMILES string of the molecule is CCCc1cc(C(=O)NC)cc([N+](=O)[O-])n1. The van der Waals surface area contributed by atoms with Gasteiger partial charge in [-0.05, 0) is 22.4 Å². The molecule has 1 N–H and O–H groups in total. The third kappa shape index (κ3) is 2.75. The molecular weight excluding hydrogens is 210 g/mol. The van der Waals surface area contributed by atoms with E-state index in [-0.39, 0.29) is 17.3 Å². The van der Waals surface area contributed by atoms with Crippen LogP contribution in [0.3, 0.4) is 0 Å². The van der Waals surface area contributed by atoms with Crippen molar-refractivity contribution in [2.24, 2.45) is 0 Å². The van der Waals surface area contributed by atoms with Crippen LogP contribution in [0.15, 0.2) is 12.1 Å². The Bertz CT molecular complexity index is 418. The predicted molar refractivity (Wildman–Crippen MR) is 58.3 cm³/mol. The number of hydrogen-bond acceptors (Lipinski definition) is 4. The van der Waals surface area contributed by atoms with Gasteiger partial charge < -0.3 is 15.4 Å². The summed E-state index contributed by atoms with van der Waals surface area (Å²) in [7, 11) is 1.48. The lowest BCUT2D eigenvalue weighted by Gasteiger charge is -2.01. The van der Waals surface area contributed by atoms with E-state index in [1.165, 1.54) is 13.1 Å². The van der Waals surface area contributed by atoms with Crippen LogP contribution in [0.25, 0.3) is 0 Å². The molecule has 1 rings (SSSR count). The van der Waals surface area contributed by atoms with E-state index in [0.717, 1.165) is 6.42 Å². The molecule has 0 radical (unpaired) electrons. The molecule has 0 aliphatic carbocycles. The Morgan fingerprint density at radius 1 is 1.56 bits per heavy atom. The maximum Gasteiger partial charge on any atom is 0.364 e. The number of nitro groups is 1. The highest BCUT2D eigenvalue weighted by atomic mass is 16.6. The number of pyridine rings is 1. The van der Waals surface area contributed by atoms with Gasteiger partial charge >= 0.3 is 5.82 Å². The highest BCUT2D eigenvalue weighted by molar-refractivity contribution is 5.94.